The van der Waals surface area contributed by atoms with Gasteiger partial charge in [0.1, 0.15) is 0 Å². The minimum Gasteiger partial charge on any atom is -0.307 e. The van der Waals surface area contributed by atoms with Gasteiger partial charge in [0.05, 0.1) is 0 Å². The van der Waals surface area contributed by atoms with Crippen molar-refractivity contribution >= 4 is 27.7 Å². The normalized spacial score (nSPS) is 22.9. The van der Waals surface area contributed by atoms with E-state index in [1.165, 1.54) is 23.5 Å². The summed E-state index contributed by atoms with van der Waals surface area (Å²) < 4.78 is 1.16. The van der Waals surface area contributed by atoms with Crippen molar-refractivity contribution < 1.29 is 0 Å². The zero-order chi connectivity index (χ0) is 10.7. The summed E-state index contributed by atoms with van der Waals surface area (Å²) in [5, 5.41) is 3.68. The highest BCUT2D eigenvalue weighted by atomic mass is 79.9. The molecule has 1 aliphatic rings. The number of benzene rings is 1. The maximum Gasteiger partial charge on any atom is 0.0295 e. The van der Waals surface area contributed by atoms with E-state index in [4.69, 9.17) is 0 Å². The van der Waals surface area contributed by atoms with Gasteiger partial charge in [0.2, 0.25) is 0 Å². The number of hydrogen-bond acceptors (Lipinski definition) is 2. The van der Waals surface area contributed by atoms with Crippen LogP contribution < -0.4 is 5.32 Å². The Kier molecular flexibility index (Phi) is 4.12. The highest BCUT2D eigenvalue weighted by molar-refractivity contribution is 9.10. The van der Waals surface area contributed by atoms with Crippen LogP contribution >= 0.6 is 27.7 Å². The van der Waals surface area contributed by atoms with E-state index in [0.29, 0.717) is 12.1 Å². The first-order valence-electron chi connectivity index (χ1n) is 5.35. The molecule has 3 heteroatoms. The lowest BCUT2D eigenvalue weighted by Crippen LogP contribution is -2.31. The molecule has 1 aliphatic heterocycles. The van der Waals surface area contributed by atoms with Gasteiger partial charge in [0.25, 0.3) is 0 Å². The summed E-state index contributed by atoms with van der Waals surface area (Å²) in [5.74, 6) is 2.57. The third-order valence-corrected chi connectivity index (χ3v) is 4.42. The van der Waals surface area contributed by atoms with Crippen LogP contribution in [0, 0.1) is 0 Å². The maximum absolute atomic E-state index is 3.68. The van der Waals surface area contributed by atoms with Gasteiger partial charge in [-0.2, -0.15) is 11.8 Å². The molecule has 1 nitrogen and oxygen atoms in total. The third-order valence-electron chi connectivity index (χ3n) is 2.76. The molecule has 82 valence electrons. The van der Waals surface area contributed by atoms with E-state index >= 15 is 0 Å². The van der Waals surface area contributed by atoms with E-state index in [1.807, 2.05) is 0 Å². The molecule has 0 spiro atoms. The molecule has 1 N–H and O–H groups in total. The Morgan fingerprint density at radius 2 is 2.40 bits per heavy atom. The summed E-state index contributed by atoms with van der Waals surface area (Å²) in [4.78, 5) is 0. The maximum atomic E-state index is 3.68. The SMILES string of the molecule is CC(NC1CCSC1)c1cccc(Br)c1. The van der Waals surface area contributed by atoms with Crippen LogP contribution in [0.5, 0.6) is 0 Å². The number of nitrogens with one attached hydrogen (secondary N) is 1. The number of thioether (sulfide) groups is 1. The fraction of sp³-hybridized carbons (Fsp3) is 0.500. The zero-order valence-electron chi connectivity index (χ0n) is 8.87. The van der Waals surface area contributed by atoms with Gasteiger partial charge in [-0.3, -0.25) is 0 Å². The Morgan fingerprint density at radius 1 is 1.53 bits per heavy atom. The van der Waals surface area contributed by atoms with E-state index in [2.05, 4.69) is 64.2 Å². The molecule has 0 bridgehead atoms. The first-order valence-corrected chi connectivity index (χ1v) is 7.30. The predicted octanol–water partition coefficient (Wildman–Crippen LogP) is 3.61. The number of hydrogen-bond donors (Lipinski definition) is 1. The quantitative estimate of drug-likeness (QED) is 0.911. The van der Waals surface area contributed by atoms with Crippen molar-refractivity contribution in [3.63, 3.8) is 0 Å². The standard InChI is InChI=1S/C12H16BrNS/c1-9(14-12-5-6-15-8-12)10-3-2-4-11(13)7-10/h2-4,7,9,12,14H,5-6,8H2,1H3. The molecule has 0 saturated carbocycles. The summed E-state index contributed by atoms with van der Waals surface area (Å²) in [7, 11) is 0. The molecule has 0 radical (unpaired) electrons. The van der Waals surface area contributed by atoms with Crippen LogP contribution in [0.3, 0.4) is 0 Å². The van der Waals surface area contributed by atoms with Crippen LogP contribution in [0.4, 0.5) is 0 Å². The molecular weight excluding hydrogens is 270 g/mol. The van der Waals surface area contributed by atoms with Gasteiger partial charge in [0.15, 0.2) is 0 Å². The Bertz CT molecular complexity index is 323. The minimum atomic E-state index is 0.450. The molecule has 1 aromatic carbocycles. The summed E-state index contributed by atoms with van der Waals surface area (Å²) in [6.07, 6.45) is 1.31. The highest BCUT2D eigenvalue weighted by Crippen LogP contribution is 2.22. The Hall–Kier alpha value is 0.01000. The molecule has 15 heavy (non-hydrogen) atoms. The smallest absolute Gasteiger partial charge is 0.0295 e. The zero-order valence-corrected chi connectivity index (χ0v) is 11.3. The van der Waals surface area contributed by atoms with Crippen molar-refractivity contribution in [1.29, 1.82) is 0 Å². The summed E-state index contributed by atoms with van der Waals surface area (Å²) >= 11 is 5.56. The van der Waals surface area contributed by atoms with Gasteiger partial charge in [-0.15, -0.1) is 0 Å². The molecular formula is C12H16BrNS. The average molecular weight is 286 g/mol. The van der Waals surface area contributed by atoms with Gasteiger partial charge in [-0.05, 0) is 36.8 Å². The third kappa shape index (κ3) is 3.23. The Balaban J connectivity index is 1.97. The number of halogens is 1. The van der Waals surface area contributed by atoms with E-state index in [0.717, 1.165) is 4.47 Å². The number of rotatable bonds is 3. The molecule has 0 aliphatic carbocycles. The predicted molar refractivity (Wildman–Crippen MR) is 71.4 cm³/mol. The molecule has 1 aromatic rings. The van der Waals surface area contributed by atoms with E-state index in [9.17, 15) is 0 Å². The summed E-state index contributed by atoms with van der Waals surface area (Å²) in [5.41, 5.74) is 1.36. The monoisotopic (exact) mass is 285 g/mol. The van der Waals surface area contributed by atoms with Gasteiger partial charge < -0.3 is 5.32 Å². The van der Waals surface area contributed by atoms with Crippen molar-refractivity contribution in [3.05, 3.63) is 34.3 Å². The molecule has 0 aromatic heterocycles. The van der Waals surface area contributed by atoms with E-state index < -0.39 is 0 Å². The van der Waals surface area contributed by atoms with Gasteiger partial charge >= 0.3 is 0 Å². The van der Waals surface area contributed by atoms with Crippen LogP contribution in [0.15, 0.2) is 28.7 Å². The van der Waals surface area contributed by atoms with Crippen LogP contribution in [0.25, 0.3) is 0 Å². The molecule has 2 unspecified atom stereocenters. The van der Waals surface area contributed by atoms with Gasteiger partial charge in [0, 0.05) is 22.3 Å². The van der Waals surface area contributed by atoms with Crippen molar-refractivity contribution in [2.75, 3.05) is 11.5 Å². The highest BCUT2D eigenvalue weighted by Gasteiger charge is 2.17. The summed E-state index contributed by atoms with van der Waals surface area (Å²) in [6, 6.07) is 9.70. The second-order valence-electron chi connectivity index (χ2n) is 4.00. The Labute approximate surface area is 104 Å². The lowest BCUT2D eigenvalue weighted by molar-refractivity contribution is 0.486. The molecule has 1 heterocycles. The van der Waals surface area contributed by atoms with Gasteiger partial charge in [-0.25, -0.2) is 0 Å². The topological polar surface area (TPSA) is 12.0 Å². The van der Waals surface area contributed by atoms with Gasteiger partial charge in [-0.1, -0.05) is 28.1 Å². The fourth-order valence-corrected chi connectivity index (χ4v) is 3.47. The van der Waals surface area contributed by atoms with Crippen LogP contribution in [-0.4, -0.2) is 17.5 Å². The van der Waals surface area contributed by atoms with Crippen LogP contribution in [0.1, 0.15) is 24.9 Å². The van der Waals surface area contributed by atoms with Crippen molar-refractivity contribution in [2.24, 2.45) is 0 Å². The van der Waals surface area contributed by atoms with Crippen molar-refractivity contribution in [2.45, 2.75) is 25.4 Å². The van der Waals surface area contributed by atoms with Crippen LogP contribution in [-0.2, 0) is 0 Å². The lowest BCUT2D eigenvalue weighted by Gasteiger charge is -2.19. The second-order valence-corrected chi connectivity index (χ2v) is 6.07. The van der Waals surface area contributed by atoms with E-state index in [1.54, 1.807) is 0 Å². The van der Waals surface area contributed by atoms with Crippen molar-refractivity contribution in [1.82, 2.24) is 5.32 Å². The van der Waals surface area contributed by atoms with Crippen molar-refractivity contribution in [3.8, 4) is 0 Å². The fourth-order valence-electron chi connectivity index (χ4n) is 1.89. The Morgan fingerprint density at radius 3 is 3.07 bits per heavy atom. The molecule has 1 saturated heterocycles. The molecule has 0 amide bonds. The first kappa shape index (κ1) is 11.5. The molecule has 2 atom stereocenters. The first-order chi connectivity index (χ1) is 7.25. The van der Waals surface area contributed by atoms with E-state index in [-0.39, 0.29) is 0 Å². The minimum absolute atomic E-state index is 0.450. The van der Waals surface area contributed by atoms with Crippen LogP contribution in [0.2, 0.25) is 0 Å². The largest absolute Gasteiger partial charge is 0.307 e. The lowest BCUT2D eigenvalue weighted by atomic mass is 10.1. The average Bonchev–Trinajstić information content (AvgIpc) is 2.70. The molecule has 2 rings (SSSR count). The summed E-state index contributed by atoms with van der Waals surface area (Å²) in [6.45, 7) is 2.24. The second kappa shape index (κ2) is 5.37. The molecule has 1 fully saturated rings.